The van der Waals surface area contributed by atoms with Crippen LogP contribution >= 0.6 is 0 Å². The van der Waals surface area contributed by atoms with Crippen molar-refractivity contribution in [1.82, 2.24) is 5.32 Å². The number of benzene rings is 1. The maximum atomic E-state index is 11.3. The van der Waals surface area contributed by atoms with E-state index >= 15 is 0 Å². The minimum absolute atomic E-state index is 0.00825. The minimum atomic E-state index is -0.0767. The molecule has 1 saturated heterocycles. The highest BCUT2D eigenvalue weighted by Gasteiger charge is 2.26. The molecule has 2 rings (SSSR count). The lowest BCUT2D eigenvalue weighted by Gasteiger charge is -2.29. The SMILES string of the molecule is COc1ccc(C2NC(=O)CCC2N)cc1. The molecule has 0 bridgehead atoms. The largest absolute Gasteiger partial charge is 0.497 e. The van der Waals surface area contributed by atoms with Crippen LogP contribution in [0.3, 0.4) is 0 Å². The summed E-state index contributed by atoms with van der Waals surface area (Å²) in [7, 11) is 1.63. The third-order valence-corrected chi connectivity index (χ3v) is 2.92. The van der Waals surface area contributed by atoms with Crippen molar-refractivity contribution < 1.29 is 9.53 Å². The second-order valence-electron chi connectivity index (χ2n) is 4.02. The summed E-state index contributed by atoms with van der Waals surface area (Å²) in [5.41, 5.74) is 7.03. The van der Waals surface area contributed by atoms with E-state index in [9.17, 15) is 4.79 Å². The molecule has 1 heterocycles. The molecule has 2 atom stereocenters. The van der Waals surface area contributed by atoms with Crippen molar-refractivity contribution in [1.29, 1.82) is 0 Å². The topological polar surface area (TPSA) is 64.3 Å². The number of piperidine rings is 1. The number of rotatable bonds is 2. The lowest BCUT2D eigenvalue weighted by molar-refractivity contribution is -0.123. The number of hydrogen-bond donors (Lipinski definition) is 2. The van der Waals surface area contributed by atoms with Gasteiger partial charge in [0, 0.05) is 12.5 Å². The first-order valence-corrected chi connectivity index (χ1v) is 5.39. The Kier molecular flexibility index (Phi) is 3.10. The number of carbonyl (C=O) groups is 1. The average Bonchev–Trinajstić information content (AvgIpc) is 2.32. The number of amides is 1. The average molecular weight is 220 g/mol. The molecule has 0 saturated carbocycles. The molecule has 1 aromatic rings. The monoisotopic (exact) mass is 220 g/mol. The number of hydrogen-bond acceptors (Lipinski definition) is 3. The summed E-state index contributed by atoms with van der Waals surface area (Å²) < 4.78 is 5.09. The van der Waals surface area contributed by atoms with E-state index in [0.29, 0.717) is 6.42 Å². The van der Waals surface area contributed by atoms with Gasteiger partial charge in [-0.05, 0) is 24.1 Å². The zero-order valence-electron chi connectivity index (χ0n) is 9.27. The van der Waals surface area contributed by atoms with Crippen LogP contribution in [0.1, 0.15) is 24.4 Å². The fraction of sp³-hybridized carbons (Fsp3) is 0.417. The standard InChI is InChI=1S/C12H16N2O2/c1-16-9-4-2-8(3-5-9)12-10(13)6-7-11(15)14-12/h2-5,10,12H,6-7,13H2,1H3,(H,14,15). The van der Waals surface area contributed by atoms with Crippen LogP contribution < -0.4 is 15.8 Å². The summed E-state index contributed by atoms with van der Waals surface area (Å²) in [6, 6.07) is 7.55. The van der Waals surface area contributed by atoms with Gasteiger partial charge in [-0.2, -0.15) is 0 Å². The van der Waals surface area contributed by atoms with Crippen molar-refractivity contribution in [2.24, 2.45) is 5.73 Å². The van der Waals surface area contributed by atoms with Crippen molar-refractivity contribution in [3.05, 3.63) is 29.8 Å². The van der Waals surface area contributed by atoms with Crippen molar-refractivity contribution in [3.63, 3.8) is 0 Å². The van der Waals surface area contributed by atoms with Gasteiger partial charge in [0.2, 0.25) is 5.91 Å². The molecule has 1 amide bonds. The van der Waals surface area contributed by atoms with Crippen molar-refractivity contribution in [3.8, 4) is 5.75 Å². The van der Waals surface area contributed by atoms with Crippen LogP contribution in [0.2, 0.25) is 0 Å². The molecule has 1 aliphatic rings. The van der Waals surface area contributed by atoms with Gasteiger partial charge in [-0.1, -0.05) is 12.1 Å². The van der Waals surface area contributed by atoms with E-state index in [-0.39, 0.29) is 18.0 Å². The molecule has 0 aromatic heterocycles. The minimum Gasteiger partial charge on any atom is -0.497 e. The normalized spacial score (nSPS) is 25.0. The first-order chi connectivity index (χ1) is 7.70. The highest BCUT2D eigenvalue weighted by molar-refractivity contribution is 5.77. The smallest absolute Gasteiger partial charge is 0.220 e. The molecule has 0 aliphatic carbocycles. The summed E-state index contributed by atoms with van der Waals surface area (Å²) in [4.78, 5) is 11.3. The third kappa shape index (κ3) is 2.17. The molecule has 1 aliphatic heterocycles. The van der Waals surface area contributed by atoms with Gasteiger partial charge >= 0.3 is 0 Å². The van der Waals surface area contributed by atoms with E-state index in [1.54, 1.807) is 7.11 Å². The first kappa shape index (κ1) is 11.0. The molecule has 2 unspecified atom stereocenters. The Labute approximate surface area is 94.8 Å². The second kappa shape index (κ2) is 4.53. The molecular weight excluding hydrogens is 204 g/mol. The van der Waals surface area contributed by atoms with Crippen molar-refractivity contribution >= 4 is 5.91 Å². The van der Waals surface area contributed by atoms with Gasteiger partial charge < -0.3 is 15.8 Å². The molecule has 16 heavy (non-hydrogen) atoms. The zero-order valence-corrected chi connectivity index (χ0v) is 9.27. The molecule has 4 heteroatoms. The number of ether oxygens (including phenoxy) is 1. The van der Waals surface area contributed by atoms with Crippen LogP contribution in [-0.4, -0.2) is 19.1 Å². The van der Waals surface area contributed by atoms with E-state index in [0.717, 1.165) is 17.7 Å². The summed E-state index contributed by atoms with van der Waals surface area (Å²) in [5, 5.41) is 2.92. The maximum absolute atomic E-state index is 11.3. The predicted molar refractivity (Wildman–Crippen MR) is 61.1 cm³/mol. The Morgan fingerprint density at radius 1 is 1.38 bits per heavy atom. The highest BCUT2D eigenvalue weighted by atomic mass is 16.5. The van der Waals surface area contributed by atoms with Crippen LogP contribution in [0.4, 0.5) is 0 Å². The van der Waals surface area contributed by atoms with E-state index in [4.69, 9.17) is 10.5 Å². The van der Waals surface area contributed by atoms with E-state index in [1.165, 1.54) is 0 Å². The number of nitrogens with one attached hydrogen (secondary N) is 1. The molecule has 4 nitrogen and oxygen atoms in total. The molecule has 3 N–H and O–H groups in total. The van der Waals surface area contributed by atoms with Crippen LogP contribution in [0.15, 0.2) is 24.3 Å². The van der Waals surface area contributed by atoms with Crippen LogP contribution in [0.5, 0.6) is 5.75 Å². The second-order valence-corrected chi connectivity index (χ2v) is 4.02. The lowest BCUT2D eigenvalue weighted by atomic mass is 9.93. The fourth-order valence-electron chi connectivity index (χ4n) is 1.96. The summed E-state index contributed by atoms with van der Waals surface area (Å²) in [6.07, 6.45) is 1.26. The van der Waals surface area contributed by atoms with Gasteiger partial charge in [-0.3, -0.25) is 4.79 Å². The van der Waals surface area contributed by atoms with Gasteiger partial charge in [-0.15, -0.1) is 0 Å². The summed E-state index contributed by atoms with van der Waals surface area (Å²) >= 11 is 0. The van der Waals surface area contributed by atoms with Gasteiger partial charge in [-0.25, -0.2) is 0 Å². The molecule has 0 spiro atoms. The number of nitrogens with two attached hydrogens (primary N) is 1. The Hall–Kier alpha value is -1.55. The Bertz CT molecular complexity index is 375. The number of carbonyl (C=O) groups excluding carboxylic acids is 1. The lowest BCUT2D eigenvalue weighted by Crippen LogP contribution is -2.45. The quantitative estimate of drug-likeness (QED) is 0.780. The molecular formula is C12H16N2O2. The summed E-state index contributed by atoms with van der Waals surface area (Å²) in [5.74, 6) is 0.877. The van der Waals surface area contributed by atoms with Crippen molar-refractivity contribution in [2.75, 3.05) is 7.11 Å². The highest BCUT2D eigenvalue weighted by Crippen LogP contribution is 2.24. The summed E-state index contributed by atoms with van der Waals surface area (Å²) in [6.45, 7) is 0. The van der Waals surface area contributed by atoms with Gasteiger partial charge in [0.1, 0.15) is 5.75 Å². The van der Waals surface area contributed by atoms with E-state index < -0.39 is 0 Å². The molecule has 1 aromatic carbocycles. The van der Waals surface area contributed by atoms with Crippen LogP contribution in [-0.2, 0) is 4.79 Å². The van der Waals surface area contributed by atoms with Crippen LogP contribution in [0.25, 0.3) is 0 Å². The molecule has 0 radical (unpaired) electrons. The third-order valence-electron chi connectivity index (χ3n) is 2.92. The number of methoxy groups -OCH3 is 1. The Morgan fingerprint density at radius 3 is 2.69 bits per heavy atom. The van der Waals surface area contributed by atoms with E-state index in [1.807, 2.05) is 24.3 Å². The predicted octanol–water partition coefficient (Wildman–Crippen LogP) is 0.974. The Morgan fingerprint density at radius 2 is 2.06 bits per heavy atom. The zero-order chi connectivity index (χ0) is 11.5. The molecule has 86 valence electrons. The van der Waals surface area contributed by atoms with Gasteiger partial charge in [0.05, 0.1) is 13.2 Å². The van der Waals surface area contributed by atoms with E-state index in [2.05, 4.69) is 5.32 Å². The van der Waals surface area contributed by atoms with Crippen molar-refractivity contribution in [2.45, 2.75) is 24.9 Å². The fourth-order valence-corrected chi connectivity index (χ4v) is 1.96. The maximum Gasteiger partial charge on any atom is 0.220 e. The Balaban J connectivity index is 2.18. The first-order valence-electron chi connectivity index (χ1n) is 5.39. The molecule has 1 fully saturated rings. The van der Waals surface area contributed by atoms with Crippen LogP contribution in [0, 0.1) is 0 Å². The van der Waals surface area contributed by atoms with Gasteiger partial charge in [0.25, 0.3) is 0 Å². The van der Waals surface area contributed by atoms with Gasteiger partial charge in [0.15, 0.2) is 0 Å².